The third-order valence-corrected chi connectivity index (χ3v) is 12.0. The predicted octanol–water partition coefficient (Wildman–Crippen LogP) is 7.90. The zero-order chi connectivity index (χ0) is 48.1. The molecular weight excluding hydrogens is 885 g/mol. The van der Waals surface area contributed by atoms with E-state index in [2.05, 4.69) is 20.6 Å². The molecule has 18 heteroatoms. The van der Waals surface area contributed by atoms with Crippen molar-refractivity contribution in [3.63, 3.8) is 0 Å². The summed E-state index contributed by atoms with van der Waals surface area (Å²) in [5, 5.41) is 57.6. The summed E-state index contributed by atoms with van der Waals surface area (Å²) in [6.45, 7) is 1.36. The zero-order valence-electron chi connectivity index (χ0n) is 37.2. The van der Waals surface area contributed by atoms with E-state index in [0.717, 1.165) is 22.3 Å². The van der Waals surface area contributed by atoms with Crippen molar-refractivity contribution in [2.45, 2.75) is 76.4 Å². The molecule has 6 heterocycles. The summed E-state index contributed by atoms with van der Waals surface area (Å²) in [5.41, 5.74) is 6.70. The van der Waals surface area contributed by atoms with Gasteiger partial charge in [0, 0.05) is 35.3 Å². The molecule has 10 rings (SSSR count). The average molecular weight is 933 g/mol. The molecule has 0 saturated heterocycles. The molecule has 352 valence electrons. The van der Waals surface area contributed by atoms with Crippen molar-refractivity contribution in [1.82, 2.24) is 39.8 Å². The number of aliphatic hydroxyl groups is 4. The lowest BCUT2D eigenvalue weighted by molar-refractivity contribution is -0.0513. The second-order valence-electron chi connectivity index (χ2n) is 17.6. The van der Waals surface area contributed by atoms with Crippen LogP contribution in [0.2, 0.25) is 0 Å². The number of rotatable bonds is 10. The van der Waals surface area contributed by atoms with E-state index < -0.39 is 48.7 Å². The standard InChI is InChI=1S/2C25H24F2N4O3/c2*1-25(2,33)15-9-7-14(8-10-15)17-11-12-20-29-22-18(32)13-28-21(23(22)31(20)30-17)16-5-3-4-6-19(16)34-24(26)27/h2*3-12,18,21,24,28,32-33H,13H2,1-2H3/t2*18-,21-/m10/s1. The second-order valence-corrected chi connectivity index (χ2v) is 17.6. The van der Waals surface area contributed by atoms with Gasteiger partial charge in [0.25, 0.3) is 0 Å². The van der Waals surface area contributed by atoms with E-state index in [0.29, 0.717) is 56.6 Å². The van der Waals surface area contributed by atoms with Gasteiger partial charge in [0.05, 0.1) is 57.4 Å². The van der Waals surface area contributed by atoms with Crippen LogP contribution < -0.4 is 20.1 Å². The number of hydrogen-bond acceptors (Lipinski definition) is 12. The van der Waals surface area contributed by atoms with Gasteiger partial charge in [-0.2, -0.15) is 27.8 Å². The third kappa shape index (κ3) is 9.25. The molecule has 6 N–H and O–H groups in total. The van der Waals surface area contributed by atoms with Gasteiger partial charge in [-0.1, -0.05) is 84.9 Å². The number of aromatic nitrogens is 6. The van der Waals surface area contributed by atoms with Crippen LogP contribution >= 0.6 is 0 Å². The van der Waals surface area contributed by atoms with E-state index in [9.17, 15) is 38.0 Å². The van der Waals surface area contributed by atoms with Gasteiger partial charge >= 0.3 is 13.2 Å². The molecule has 4 aromatic heterocycles. The van der Waals surface area contributed by atoms with Crippen LogP contribution in [0, 0.1) is 0 Å². The summed E-state index contributed by atoms with van der Waals surface area (Å²) in [5.74, 6) is 0.0938. The number of fused-ring (bicyclic) bond motifs is 6. The Kier molecular flexibility index (Phi) is 12.5. The van der Waals surface area contributed by atoms with Crippen molar-refractivity contribution in [3.8, 4) is 34.0 Å². The van der Waals surface area contributed by atoms with E-state index in [1.54, 1.807) is 85.3 Å². The first-order chi connectivity index (χ1) is 32.4. The third-order valence-electron chi connectivity index (χ3n) is 12.0. The van der Waals surface area contributed by atoms with Gasteiger partial charge in [-0.25, -0.2) is 19.0 Å². The first-order valence-corrected chi connectivity index (χ1v) is 21.8. The van der Waals surface area contributed by atoms with Crippen molar-refractivity contribution < 1.29 is 47.5 Å². The van der Waals surface area contributed by atoms with Gasteiger partial charge in [0.1, 0.15) is 23.7 Å². The zero-order valence-corrected chi connectivity index (χ0v) is 37.2. The summed E-state index contributed by atoms with van der Waals surface area (Å²) in [7, 11) is 0. The highest BCUT2D eigenvalue weighted by atomic mass is 19.3. The van der Waals surface area contributed by atoms with E-state index >= 15 is 0 Å². The number of nitrogens with zero attached hydrogens (tertiary/aromatic N) is 6. The topological polar surface area (TPSA) is 184 Å². The van der Waals surface area contributed by atoms with Crippen molar-refractivity contribution in [3.05, 3.63) is 166 Å². The van der Waals surface area contributed by atoms with E-state index in [1.165, 1.54) is 12.1 Å². The first kappa shape index (κ1) is 46.3. The Morgan fingerprint density at radius 2 is 0.912 bits per heavy atom. The lowest BCUT2D eigenvalue weighted by Crippen LogP contribution is -2.35. The maximum atomic E-state index is 13.0. The van der Waals surface area contributed by atoms with E-state index in [1.807, 2.05) is 60.7 Å². The molecule has 0 saturated carbocycles. The molecular formula is C50H48F4N8O6. The number of para-hydroxylation sites is 2. The molecule has 68 heavy (non-hydrogen) atoms. The molecule has 0 amide bonds. The van der Waals surface area contributed by atoms with Gasteiger partial charge < -0.3 is 40.5 Å². The Morgan fingerprint density at radius 1 is 0.544 bits per heavy atom. The van der Waals surface area contributed by atoms with Gasteiger partial charge in [0.2, 0.25) is 0 Å². The number of alkyl halides is 4. The van der Waals surface area contributed by atoms with Crippen molar-refractivity contribution >= 4 is 11.3 Å². The normalized spacial score (nSPS) is 18.3. The molecule has 0 radical (unpaired) electrons. The molecule has 0 fully saturated rings. The van der Waals surface area contributed by atoms with Crippen LogP contribution in [0.25, 0.3) is 33.8 Å². The summed E-state index contributed by atoms with van der Waals surface area (Å²) in [6.07, 6.45) is -1.74. The van der Waals surface area contributed by atoms with Crippen LogP contribution in [0.3, 0.4) is 0 Å². The highest BCUT2D eigenvalue weighted by molar-refractivity contribution is 5.63. The summed E-state index contributed by atoms with van der Waals surface area (Å²) >= 11 is 0. The summed E-state index contributed by atoms with van der Waals surface area (Å²) in [4.78, 5) is 9.14. The van der Waals surface area contributed by atoms with Crippen LogP contribution in [0.5, 0.6) is 11.5 Å². The Morgan fingerprint density at radius 3 is 1.26 bits per heavy atom. The molecule has 0 unspecified atom stereocenters. The monoisotopic (exact) mass is 932 g/mol. The molecule has 14 nitrogen and oxygen atoms in total. The molecule has 2 aliphatic heterocycles. The van der Waals surface area contributed by atoms with Crippen molar-refractivity contribution in [2.24, 2.45) is 0 Å². The van der Waals surface area contributed by atoms with Crippen LogP contribution in [0.4, 0.5) is 17.6 Å². The smallest absolute Gasteiger partial charge is 0.387 e. The minimum Gasteiger partial charge on any atom is -0.434 e. The van der Waals surface area contributed by atoms with Crippen molar-refractivity contribution in [2.75, 3.05) is 13.1 Å². The Hall–Kier alpha value is -6.80. The molecule has 8 aromatic rings. The van der Waals surface area contributed by atoms with Crippen LogP contribution in [-0.2, 0) is 11.2 Å². The summed E-state index contributed by atoms with van der Waals surface area (Å²) < 4.78 is 64.9. The summed E-state index contributed by atoms with van der Waals surface area (Å²) in [6, 6.07) is 34.1. The van der Waals surface area contributed by atoms with E-state index in [-0.39, 0.29) is 24.6 Å². The number of benzene rings is 4. The number of imidazole rings is 2. The fourth-order valence-corrected chi connectivity index (χ4v) is 8.58. The second kappa shape index (κ2) is 18.4. The molecule has 0 aliphatic carbocycles. The van der Waals surface area contributed by atoms with Crippen LogP contribution in [-0.4, -0.2) is 75.9 Å². The first-order valence-electron chi connectivity index (χ1n) is 21.8. The SMILES string of the molecule is CC(C)(O)c1ccc(-c2ccc3nc4c(n3n2)[C@@H](c2ccccc2OC(F)F)NC[C@H]4O)cc1.CC(C)(O)c1ccc(-c2ccc3nc4c(n3n2)[C@H](c2ccccc2OC(F)F)NC[C@@H]4O)cc1. The Balaban J connectivity index is 0.000000170. The maximum Gasteiger partial charge on any atom is 0.387 e. The lowest BCUT2D eigenvalue weighted by atomic mass is 9.96. The largest absolute Gasteiger partial charge is 0.434 e. The number of ether oxygens (including phenoxy) is 2. The number of nitrogens with one attached hydrogen (secondary N) is 2. The Labute approximate surface area is 387 Å². The Bertz CT molecular complexity index is 2870. The minimum absolute atomic E-state index is 0.0469. The van der Waals surface area contributed by atoms with Gasteiger partial charge in [-0.3, -0.25) is 0 Å². The lowest BCUT2D eigenvalue weighted by Gasteiger charge is -2.28. The quantitative estimate of drug-likeness (QED) is 0.0731. The highest BCUT2D eigenvalue weighted by Gasteiger charge is 2.36. The van der Waals surface area contributed by atoms with Gasteiger partial charge in [0.15, 0.2) is 11.3 Å². The average Bonchev–Trinajstić information content (AvgIpc) is 3.89. The number of hydrogen-bond donors (Lipinski definition) is 6. The molecule has 4 aromatic carbocycles. The molecule has 2 aliphatic rings. The maximum absolute atomic E-state index is 13.0. The number of halogens is 4. The molecule has 0 spiro atoms. The van der Waals surface area contributed by atoms with Gasteiger partial charge in [-0.05, 0) is 75.2 Å². The molecule has 4 atom stereocenters. The van der Waals surface area contributed by atoms with Crippen LogP contribution in [0.1, 0.15) is 97.0 Å². The van der Waals surface area contributed by atoms with Gasteiger partial charge in [-0.15, -0.1) is 0 Å². The predicted molar refractivity (Wildman–Crippen MR) is 243 cm³/mol. The van der Waals surface area contributed by atoms with Crippen molar-refractivity contribution in [1.29, 1.82) is 0 Å². The fraction of sp³-hybridized carbons (Fsp3) is 0.280. The molecule has 0 bridgehead atoms. The number of aliphatic hydroxyl groups excluding tert-OH is 2. The number of β-amino-alcohol motifs (C(OH)–C–C–N with tert-alkyl or cyclic N) is 2. The fourth-order valence-electron chi connectivity index (χ4n) is 8.58. The van der Waals surface area contributed by atoms with Crippen LogP contribution in [0.15, 0.2) is 121 Å². The van der Waals surface area contributed by atoms with E-state index in [4.69, 9.17) is 19.7 Å². The highest BCUT2D eigenvalue weighted by Crippen LogP contribution is 2.40. The minimum atomic E-state index is -2.96.